The molecule has 1 amide bonds. The maximum atomic E-state index is 11.4. The van der Waals surface area contributed by atoms with Crippen molar-refractivity contribution in [3.05, 3.63) is 24.3 Å². The van der Waals surface area contributed by atoms with Crippen molar-refractivity contribution in [3.63, 3.8) is 0 Å². The van der Waals surface area contributed by atoms with Crippen LogP contribution >= 0.6 is 0 Å². The van der Waals surface area contributed by atoms with Gasteiger partial charge in [0.1, 0.15) is 18.0 Å². The van der Waals surface area contributed by atoms with Crippen LogP contribution in [0.2, 0.25) is 0 Å². The summed E-state index contributed by atoms with van der Waals surface area (Å²) >= 11 is 0. The molecule has 124 valence electrons. The Hall–Kier alpha value is -1.91. The van der Waals surface area contributed by atoms with Crippen molar-refractivity contribution in [1.29, 1.82) is 0 Å². The SMILES string of the molecule is CCC(C)Nc1ccc(OCCNC(=O)OC(C)(C)C)cc1. The first-order chi connectivity index (χ1) is 10.3. The molecule has 0 spiro atoms. The van der Waals surface area contributed by atoms with E-state index in [0.29, 0.717) is 19.2 Å². The molecular formula is C17H28N2O3. The fourth-order valence-corrected chi connectivity index (χ4v) is 1.67. The Kier molecular flexibility index (Phi) is 7.02. The van der Waals surface area contributed by atoms with E-state index in [1.165, 1.54) is 0 Å². The second-order valence-electron chi connectivity index (χ2n) is 6.26. The van der Waals surface area contributed by atoms with Gasteiger partial charge in [-0.25, -0.2) is 4.79 Å². The van der Waals surface area contributed by atoms with Crippen molar-refractivity contribution < 1.29 is 14.3 Å². The standard InChI is InChI=1S/C17H28N2O3/c1-6-13(2)19-14-7-9-15(10-8-14)21-12-11-18-16(20)22-17(3,4)5/h7-10,13,19H,6,11-12H2,1-5H3,(H,18,20). The van der Waals surface area contributed by atoms with Gasteiger partial charge in [-0.3, -0.25) is 0 Å². The minimum absolute atomic E-state index is 0.400. The molecule has 1 unspecified atom stereocenters. The van der Waals surface area contributed by atoms with Gasteiger partial charge in [0.25, 0.3) is 0 Å². The third-order valence-corrected chi connectivity index (χ3v) is 2.92. The number of carbonyl (C=O) groups is 1. The third kappa shape index (κ3) is 7.76. The Balaban J connectivity index is 2.26. The molecule has 0 bridgehead atoms. The van der Waals surface area contributed by atoms with Gasteiger partial charge in [0.05, 0.1) is 6.54 Å². The van der Waals surface area contributed by atoms with E-state index in [9.17, 15) is 4.79 Å². The maximum absolute atomic E-state index is 11.4. The fraction of sp³-hybridized carbons (Fsp3) is 0.588. The van der Waals surface area contributed by atoms with Crippen LogP contribution in [0.25, 0.3) is 0 Å². The van der Waals surface area contributed by atoms with Crippen molar-refractivity contribution >= 4 is 11.8 Å². The Labute approximate surface area is 133 Å². The van der Waals surface area contributed by atoms with Gasteiger partial charge in [-0.15, -0.1) is 0 Å². The van der Waals surface area contributed by atoms with E-state index < -0.39 is 11.7 Å². The molecule has 0 aliphatic heterocycles. The van der Waals surface area contributed by atoms with Gasteiger partial charge in [0.2, 0.25) is 0 Å². The summed E-state index contributed by atoms with van der Waals surface area (Å²) in [6.07, 6.45) is 0.651. The topological polar surface area (TPSA) is 59.6 Å². The molecule has 1 rings (SSSR count). The average molecular weight is 308 g/mol. The summed E-state index contributed by atoms with van der Waals surface area (Å²) < 4.78 is 10.7. The number of anilines is 1. The quantitative estimate of drug-likeness (QED) is 0.752. The number of ether oxygens (including phenoxy) is 2. The Morgan fingerprint density at radius 2 is 1.86 bits per heavy atom. The Morgan fingerprint density at radius 1 is 1.23 bits per heavy atom. The average Bonchev–Trinajstić information content (AvgIpc) is 2.43. The molecule has 0 saturated carbocycles. The summed E-state index contributed by atoms with van der Waals surface area (Å²) in [4.78, 5) is 11.4. The number of nitrogens with one attached hydrogen (secondary N) is 2. The molecule has 0 heterocycles. The summed E-state index contributed by atoms with van der Waals surface area (Å²) in [5.41, 5.74) is 0.595. The Morgan fingerprint density at radius 3 is 2.41 bits per heavy atom. The molecule has 0 aromatic heterocycles. The van der Waals surface area contributed by atoms with Gasteiger partial charge in [0.15, 0.2) is 0 Å². The molecule has 5 nitrogen and oxygen atoms in total. The lowest BCUT2D eigenvalue weighted by Crippen LogP contribution is -2.34. The lowest BCUT2D eigenvalue weighted by Gasteiger charge is -2.19. The van der Waals surface area contributed by atoms with E-state index in [1.54, 1.807) is 0 Å². The number of hydrogen-bond donors (Lipinski definition) is 2. The largest absolute Gasteiger partial charge is 0.492 e. The molecule has 0 aliphatic rings. The molecule has 0 aliphatic carbocycles. The third-order valence-electron chi connectivity index (χ3n) is 2.92. The summed E-state index contributed by atoms with van der Waals surface area (Å²) in [6, 6.07) is 8.26. The fourth-order valence-electron chi connectivity index (χ4n) is 1.67. The van der Waals surface area contributed by atoms with Crippen LogP contribution in [0.3, 0.4) is 0 Å². The molecule has 0 fully saturated rings. The highest BCUT2D eigenvalue weighted by atomic mass is 16.6. The highest BCUT2D eigenvalue weighted by Crippen LogP contribution is 2.16. The highest BCUT2D eigenvalue weighted by Gasteiger charge is 2.15. The van der Waals surface area contributed by atoms with Crippen LogP contribution in [0.4, 0.5) is 10.5 Å². The zero-order valence-corrected chi connectivity index (χ0v) is 14.2. The van der Waals surface area contributed by atoms with Crippen LogP contribution in [-0.4, -0.2) is 30.9 Å². The van der Waals surface area contributed by atoms with E-state index in [2.05, 4.69) is 24.5 Å². The van der Waals surface area contributed by atoms with Crippen LogP contribution in [0.15, 0.2) is 24.3 Å². The first kappa shape index (κ1) is 18.1. The predicted molar refractivity (Wildman–Crippen MR) is 89.5 cm³/mol. The minimum atomic E-state index is -0.483. The summed E-state index contributed by atoms with van der Waals surface area (Å²) in [7, 11) is 0. The van der Waals surface area contributed by atoms with Crippen LogP contribution in [0.1, 0.15) is 41.0 Å². The molecule has 1 aromatic carbocycles. The van der Waals surface area contributed by atoms with E-state index in [-0.39, 0.29) is 0 Å². The van der Waals surface area contributed by atoms with Gasteiger partial charge in [-0.2, -0.15) is 0 Å². The van der Waals surface area contributed by atoms with Gasteiger partial charge in [0, 0.05) is 11.7 Å². The summed E-state index contributed by atoms with van der Waals surface area (Å²) in [5.74, 6) is 0.778. The molecule has 0 radical (unpaired) electrons. The lowest BCUT2D eigenvalue weighted by atomic mass is 10.2. The van der Waals surface area contributed by atoms with Crippen molar-refractivity contribution in [1.82, 2.24) is 5.32 Å². The van der Waals surface area contributed by atoms with Gasteiger partial charge in [-0.1, -0.05) is 6.92 Å². The molecule has 0 saturated heterocycles. The lowest BCUT2D eigenvalue weighted by molar-refractivity contribution is 0.0520. The van der Waals surface area contributed by atoms with E-state index in [4.69, 9.17) is 9.47 Å². The van der Waals surface area contributed by atoms with E-state index in [0.717, 1.165) is 17.9 Å². The second kappa shape index (κ2) is 8.51. The van der Waals surface area contributed by atoms with E-state index >= 15 is 0 Å². The number of hydrogen-bond acceptors (Lipinski definition) is 4. The van der Waals surface area contributed by atoms with Crippen molar-refractivity contribution in [2.24, 2.45) is 0 Å². The summed E-state index contributed by atoms with van der Waals surface area (Å²) in [6.45, 7) is 10.6. The van der Waals surface area contributed by atoms with Crippen LogP contribution < -0.4 is 15.4 Å². The molecule has 1 aromatic rings. The number of rotatable bonds is 7. The van der Waals surface area contributed by atoms with Crippen molar-refractivity contribution in [2.45, 2.75) is 52.7 Å². The first-order valence-corrected chi connectivity index (χ1v) is 7.76. The number of amides is 1. The minimum Gasteiger partial charge on any atom is -0.492 e. The molecule has 22 heavy (non-hydrogen) atoms. The molecular weight excluding hydrogens is 280 g/mol. The van der Waals surface area contributed by atoms with Crippen molar-refractivity contribution in [3.8, 4) is 5.75 Å². The zero-order valence-electron chi connectivity index (χ0n) is 14.2. The molecule has 2 N–H and O–H groups in total. The van der Waals surface area contributed by atoms with Gasteiger partial charge < -0.3 is 20.1 Å². The van der Waals surface area contributed by atoms with Gasteiger partial charge >= 0.3 is 6.09 Å². The predicted octanol–water partition coefficient (Wildman–Crippen LogP) is 3.80. The summed E-state index contributed by atoms with van der Waals surface area (Å²) in [5, 5.41) is 6.05. The monoisotopic (exact) mass is 308 g/mol. The maximum Gasteiger partial charge on any atom is 0.407 e. The highest BCUT2D eigenvalue weighted by molar-refractivity contribution is 5.67. The number of carbonyl (C=O) groups excluding carboxylic acids is 1. The van der Waals surface area contributed by atoms with E-state index in [1.807, 2.05) is 45.0 Å². The molecule has 1 atom stereocenters. The van der Waals surface area contributed by atoms with Crippen LogP contribution in [-0.2, 0) is 4.74 Å². The van der Waals surface area contributed by atoms with Crippen molar-refractivity contribution in [2.75, 3.05) is 18.5 Å². The number of benzene rings is 1. The Bertz CT molecular complexity index is 452. The van der Waals surface area contributed by atoms with Gasteiger partial charge in [-0.05, 0) is 58.4 Å². The second-order valence-corrected chi connectivity index (χ2v) is 6.26. The number of alkyl carbamates (subject to hydrolysis) is 1. The smallest absolute Gasteiger partial charge is 0.407 e. The first-order valence-electron chi connectivity index (χ1n) is 7.76. The van der Waals surface area contributed by atoms with Crippen LogP contribution in [0, 0.1) is 0 Å². The zero-order chi connectivity index (χ0) is 16.6. The molecule has 5 heteroatoms. The normalized spacial score (nSPS) is 12.4. The van der Waals surface area contributed by atoms with Crippen LogP contribution in [0.5, 0.6) is 5.75 Å².